The molecule has 0 amide bonds. The quantitative estimate of drug-likeness (QED) is 0.221. The average Bonchev–Trinajstić information content (AvgIpc) is 2.85. The van der Waals surface area contributed by atoms with Gasteiger partial charge in [0.25, 0.3) is 0 Å². The Kier molecular flexibility index (Phi) is 7.50. The van der Waals surface area contributed by atoms with E-state index in [9.17, 15) is 13.2 Å². The summed E-state index contributed by atoms with van der Waals surface area (Å²) in [5.41, 5.74) is 2.96. The molecular formula is C25H22F3N5O. The summed E-state index contributed by atoms with van der Waals surface area (Å²) in [5, 5.41) is 12.6. The zero-order valence-corrected chi connectivity index (χ0v) is 18.3. The molecule has 3 heterocycles. The van der Waals surface area contributed by atoms with E-state index in [1.807, 2.05) is 12.1 Å². The molecule has 0 atom stereocenters. The molecule has 0 N–H and O–H groups in total. The van der Waals surface area contributed by atoms with Gasteiger partial charge in [-0.1, -0.05) is 17.3 Å². The number of rotatable bonds is 7. The van der Waals surface area contributed by atoms with Crippen molar-refractivity contribution in [3.63, 3.8) is 0 Å². The van der Waals surface area contributed by atoms with Gasteiger partial charge in [0.2, 0.25) is 12.6 Å². The normalized spacial score (nSPS) is 15.2. The summed E-state index contributed by atoms with van der Waals surface area (Å²) in [6.45, 7) is 2.22. The molecule has 0 radical (unpaired) electrons. The third-order valence-electron chi connectivity index (χ3n) is 5.76. The largest absolute Gasteiger partial charge is 0.380 e. The van der Waals surface area contributed by atoms with E-state index >= 15 is 0 Å². The number of aromatic nitrogens is 2. The van der Waals surface area contributed by atoms with E-state index in [2.05, 4.69) is 20.0 Å². The molecule has 0 spiro atoms. The third-order valence-corrected chi connectivity index (χ3v) is 5.76. The van der Waals surface area contributed by atoms with Crippen molar-refractivity contribution >= 4 is 5.71 Å². The molecule has 1 fully saturated rings. The molecular weight excluding hydrogens is 443 g/mol. The van der Waals surface area contributed by atoms with Crippen LogP contribution in [0, 0.1) is 28.9 Å². The fraction of sp³-hybridized carbons (Fsp3) is 0.280. The Morgan fingerprint density at radius 3 is 2.50 bits per heavy atom. The van der Waals surface area contributed by atoms with Gasteiger partial charge < -0.3 is 4.84 Å². The first kappa shape index (κ1) is 23.4. The zero-order valence-electron chi connectivity index (χ0n) is 18.3. The van der Waals surface area contributed by atoms with Crippen molar-refractivity contribution in [1.29, 1.82) is 5.26 Å². The van der Waals surface area contributed by atoms with Crippen LogP contribution in [-0.4, -0.2) is 40.3 Å². The number of nitriles is 1. The first-order valence-electron chi connectivity index (χ1n) is 10.8. The van der Waals surface area contributed by atoms with Gasteiger partial charge in [0.1, 0.15) is 11.8 Å². The maximum absolute atomic E-state index is 13.8. The molecule has 174 valence electrons. The Hall–Kier alpha value is -3.77. The Balaban J connectivity index is 1.42. The van der Waals surface area contributed by atoms with Gasteiger partial charge in [0.05, 0.1) is 5.69 Å². The smallest absolute Gasteiger partial charge is 0.212 e. The molecule has 0 saturated carbocycles. The molecule has 3 aromatic rings. The lowest BCUT2D eigenvalue weighted by molar-refractivity contribution is 0.179. The van der Waals surface area contributed by atoms with E-state index in [1.165, 1.54) is 12.1 Å². The van der Waals surface area contributed by atoms with E-state index in [0.29, 0.717) is 18.2 Å². The minimum atomic E-state index is -1.01. The van der Waals surface area contributed by atoms with Gasteiger partial charge >= 0.3 is 0 Å². The molecule has 1 aromatic carbocycles. The summed E-state index contributed by atoms with van der Waals surface area (Å²) in [7, 11) is 0. The summed E-state index contributed by atoms with van der Waals surface area (Å²) in [4.78, 5) is 15.5. The van der Waals surface area contributed by atoms with Gasteiger partial charge in [-0.15, -0.1) is 0 Å². The van der Waals surface area contributed by atoms with Crippen LogP contribution in [0.5, 0.6) is 0 Å². The van der Waals surface area contributed by atoms with E-state index < -0.39 is 17.6 Å². The van der Waals surface area contributed by atoms with Crippen LogP contribution in [0.2, 0.25) is 0 Å². The van der Waals surface area contributed by atoms with Crippen molar-refractivity contribution in [2.75, 3.05) is 19.7 Å². The van der Waals surface area contributed by atoms with Crippen molar-refractivity contribution in [2.24, 2.45) is 5.16 Å². The fourth-order valence-corrected chi connectivity index (χ4v) is 3.99. The molecule has 2 aromatic heterocycles. The summed E-state index contributed by atoms with van der Waals surface area (Å²) in [6.07, 6.45) is 5.25. The van der Waals surface area contributed by atoms with E-state index in [-0.39, 0.29) is 17.9 Å². The van der Waals surface area contributed by atoms with Crippen LogP contribution in [0.25, 0.3) is 0 Å². The number of piperidine rings is 1. The van der Waals surface area contributed by atoms with Crippen LogP contribution in [0.15, 0.2) is 60.0 Å². The molecule has 1 aliphatic rings. The number of pyridine rings is 2. The standard InChI is InChI=1S/C25H22F3N5O/c26-21-4-2-19(13-22(21)27)25(32-34-12-9-29)23-5-1-17(14-30-23)16-33-10-7-18(8-11-33)20-3-6-24(28)31-15-20/h1-6,13-15,18H,7-8,10-12,16H2/b32-25-. The molecule has 1 aliphatic heterocycles. The number of hydrogen-bond donors (Lipinski definition) is 0. The topological polar surface area (TPSA) is 74.4 Å². The highest BCUT2D eigenvalue weighted by molar-refractivity contribution is 6.11. The Bertz CT molecular complexity index is 1180. The second-order valence-electron chi connectivity index (χ2n) is 8.02. The lowest BCUT2D eigenvalue weighted by atomic mass is 9.90. The first-order chi connectivity index (χ1) is 16.5. The van der Waals surface area contributed by atoms with Gasteiger partial charge in [-0.3, -0.25) is 9.88 Å². The zero-order chi connectivity index (χ0) is 23.9. The van der Waals surface area contributed by atoms with Crippen molar-refractivity contribution in [3.05, 3.63) is 94.8 Å². The van der Waals surface area contributed by atoms with Crippen LogP contribution >= 0.6 is 0 Å². The number of likely N-dealkylation sites (tertiary alicyclic amines) is 1. The summed E-state index contributed by atoms with van der Waals surface area (Å²) in [6, 6.07) is 12.0. The van der Waals surface area contributed by atoms with E-state index in [4.69, 9.17) is 10.1 Å². The monoisotopic (exact) mass is 465 g/mol. The first-order valence-corrected chi connectivity index (χ1v) is 10.8. The van der Waals surface area contributed by atoms with Gasteiger partial charge in [-0.25, -0.2) is 13.8 Å². The molecule has 4 rings (SSSR count). The number of oxime groups is 1. The lowest BCUT2D eigenvalue weighted by Gasteiger charge is -2.32. The minimum Gasteiger partial charge on any atom is -0.380 e. The van der Waals surface area contributed by atoms with Crippen molar-refractivity contribution in [2.45, 2.75) is 25.3 Å². The van der Waals surface area contributed by atoms with Crippen LogP contribution < -0.4 is 0 Å². The van der Waals surface area contributed by atoms with Crippen molar-refractivity contribution in [3.8, 4) is 6.07 Å². The van der Waals surface area contributed by atoms with Gasteiger partial charge in [0, 0.05) is 24.5 Å². The highest BCUT2D eigenvalue weighted by Crippen LogP contribution is 2.28. The number of benzene rings is 1. The molecule has 34 heavy (non-hydrogen) atoms. The molecule has 9 heteroatoms. The third kappa shape index (κ3) is 5.77. The second kappa shape index (κ2) is 10.9. The van der Waals surface area contributed by atoms with Crippen LogP contribution in [0.4, 0.5) is 13.2 Å². The van der Waals surface area contributed by atoms with Gasteiger partial charge in [-0.2, -0.15) is 9.65 Å². The predicted molar refractivity (Wildman–Crippen MR) is 119 cm³/mol. The highest BCUT2D eigenvalue weighted by atomic mass is 19.2. The second-order valence-corrected chi connectivity index (χ2v) is 8.02. The predicted octanol–water partition coefficient (Wildman–Crippen LogP) is 4.57. The number of halogens is 3. The van der Waals surface area contributed by atoms with Crippen LogP contribution in [0.3, 0.4) is 0 Å². The number of hydrogen-bond acceptors (Lipinski definition) is 6. The fourth-order valence-electron chi connectivity index (χ4n) is 3.99. The molecule has 6 nitrogen and oxygen atoms in total. The minimum absolute atomic E-state index is 0.203. The summed E-state index contributed by atoms with van der Waals surface area (Å²) < 4.78 is 40.2. The van der Waals surface area contributed by atoms with Crippen LogP contribution in [-0.2, 0) is 11.4 Å². The van der Waals surface area contributed by atoms with E-state index in [1.54, 1.807) is 24.5 Å². The van der Waals surface area contributed by atoms with Crippen molar-refractivity contribution in [1.82, 2.24) is 14.9 Å². The van der Waals surface area contributed by atoms with Gasteiger partial charge in [0.15, 0.2) is 11.6 Å². The molecule has 0 aliphatic carbocycles. The molecule has 0 unspecified atom stereocenters. The molecule has 1 saturated heterocycles. The van der Waals surface area contributed by atoms with Crippen LogP contribution in [0.1, 0.15) is 41.1 Å². The van der Waals surface area contributed by atoms with Crippen molar-refractivity contribution < 1.29 is 18.0 Å². The Morgan fingerprint density at radius 2 is 1.85 bits per heavy atom. The SMILES string of the molecule is N#CCO/N=C(/c1ccc(F)c(F)c1)c1ccc(CN2CCC(c3ccc(F)nc3)CC2)cn1. The highest BCUT2D eigenvalue weighted by Gasteiger charge is 2.21. The average molecular weight is 465 g/mol. The Labute approximate surface area is 195 Å². The maximum Gasteiger partial charge on any atom is 0.212 e. The summed E-state index contributed by atoms with van der Waals surface area (Å²) in [5.74, 6) is -2.08. The number of nitrogens with zero attached hydrogens (tertiary/aromatic N) is 5. The maximum atomic E-state index is 13.8. The molecule has 0 bridgehead atoms. The van der Waals surface area contributed by atoms with Gasteiger partial charge in [-0.05, 0) is 73.3 Å². The lowest BCUT2D eigenvalue weighted by Crippen LogP contribution is -2.32. The Morgan fingerprint density at radius 1 is 1.03 bits per heavy atom. The van der Waals surface area contributed by atoms with E-state index in [0.717, 1.165) is 49.2 Å². The summed E-state index contributed by atoms with van der Waals surface area (Å²) >= 11 is 0.